The van der Waals surface area contributed by atoms with Crippen LogP contribution < -0.4 is 4.98 Å². The van der Waals surface area contributed by atoms with Gasteiger partial charge in [-0.25, -0.2) is 0 Å². The summed E-state index contributed by atoms with van der Waals surface area (Å²) < 4.78 is 8.55. The molecule has 1 N–H and O–H groups in total. The van der Waals surface area contributed by atoms with Gasteiger partial charge < -0.3 is 13.6 Å². The standard InChI is InChI=1S/C10H28N2OSi2/c1-8-10(3)12(15(5,6)7)14(11-4)13-9-2/h10-11,14H,8-9H2,1-7H3. The summed E-state index contributed by atoms with van der Waals surface area (Å²) in [5.41, 5.74) is 0. The van der Waals surface area contributed by atoms with Gasteiger partial charge in [0.1, 0.15) is 8.24 Å². The molecule has 3 nitrogen and oxygen atoms in total. The molecule has 0 aromatic carbocycles. The Morgan fingerprint density at radius 2 is 1.87 bits per heavy atom. The van der Waals surface area contributed by atoms with Crippen molar-refractivity contribution in [1.29, 1.82) is 0 Å². The van der Waals surface area contributed by atoms with Crippen molar-refractivity contribution in [2.75, 3.05) is 13.7 Å². The summed E-state index contributed by atoms with van der Waals surface area (Å²) in [6.07, 6.45) is 1.20. The normalized spacial score (nSPS) is 16.8. The maximum atomic E-state index is 5.89. The largest absolute Gasteiger partial charge is 0.394 e. The summed E-state index contributed by atoms with van der Waals surface area (Å²) in [6, 6.07) is 0.632. The van der Waals surface area contributed by atoms with Crippen molar-refractivity contribution in [3.63, 3.8) is 0 Å². The fourth-order valence-electron chi connectivity index (χ4n) is 1.90. The van der Waals surface area contributed by atoms with Gasteiger partial charge in [-0.15, -0.1) is 0 Å². The summed E-state index contributed by atoms with van der Waals surface area (Å²) in [5.74, 6) is 0. The Labute approximate surface area is 98.2 Å². The Balaban J connectivity index is 4.73. The Hall–Kier alpha value is 0.314. The highest BCUT2D eigenvalue weighted by Crippen LogP contribution is 2.17. The van der Waals surface area contributed by atoms with Gasteiger partial charge in [-0.2, -0.15) is 0 Å². The fraction of sp³-hybridized carbons (Fsp3) is 1.00. The zero-order valence-electron chi connectivity index (χ0n) is 11.4. The Morgan fingerprint density at radius 3 is 2.13 bits per heavy atom. The van der Waals surface area contributed by atoms with Crippen molar-refractivity contribution in [3.05, 3.63) is 0 Å². The lowest BCUT2D eigenvalue weighted by Crippen LogP contribution is -2.64. The van der Waals surface area contributed by atoms with Crippen LogP contribution in [0.4, 0.5) is 0 Å². The molecule has 2 atom stereocenters. The molecule has 0 aliphatic heterocycles. The quantitative estimate of drug-likeness (QED) is 0.697. The lowest BCUT2D eigenvalue weighted by Gasteiger charge is -2.42. The van der Waals surface area contributed by atoms with Crippen LogP contribution in [0.15, 0.2) is 0 Å². The van der Waals surface area contributed by atoms with Crippen LogP contribution in [0.3, 0.4) is 0 Å². The summed E-state index contributed by atoms with van der Waals surface area (Å²) in [5, 5.41) is 0. The number of rotatable bonds is 7. The van der Waals surface area contributed by atoms with Crippen LogP contribution >= 0.6 is 0 Å². The van der Waals surface area contributed by atoms with E-state index in [0.717, 1.165) is 6.61 Å². The Kier molecular flexibility index (Phi) is 6.94. The molecule has 0 rings (SSSR count). The smallest absolute Gasteiger partial charge is 0.331 e. The molecular weight excluding hydrogens is 220 g/mol. The average Bonchev–Trinajstić information content (AvgIpc) is 2.14. The average molecular weight is 249 g/mol. The summed E-state index contributed by atoms with van der Waals surface area (Å²) in [6.45, 7) is 14.7. The van der Waals surface area contributed by atoms with Gasteiger partial charge in [-0.05, 0) is 26.4 Å². The van der Waals surface area contributed by atoms with Crippen LogP contribution in [0.2, 0.25) is 19.6 Å². The third-order valence-corrected chi connectivity index (χ3v) is 9.84. The molecule has 0 aliphatic carbocycles. The molecular formula is C10H28N2OSi2. The van der Waals surface area contributed by atoms with Gasteiger partial charge in [0, 0.05) is 6.61 Å². The minimum Gasteiger partial charge on any atom is -0.394 e. The highest BCUT2D eigenvalue weighted by molar-refractivity contribution is 6.81. The second kappa shape index (κ2) is 6.80. The van der Waals surface area contributed by atoms with Gasteiger partial charge in [0.2, 0.25) is 0 Å². The van der Waals surface area contributed by atoms with E-state index in [0.29, 0.717) is 6.04 Å². The zero-order valence-corrected chi connectivity index (χ0v) is 13.6. The molecule has 0 saturated heterocycles. The molecule has 0 saturated carbocycles. The molecule has 0 fully saturated rings. The third kappa shape index (κ3) is 4.78. The maximum absolute atomic E-state index is 5.89. The number of hydrogen-bond donors (Lipinski definition) is 1. The molecule has 0 aliphatic rings. The first-order chi connectivity index (χ1) is 6.88. The minimum atomic E-state index is -1.38. The van der Waals surface area contributed by atoms with E-state index in [9.17, 15) is 0 Å². The van der Waals surface area contributed by atoms with Gasteiger partial charge in [0.15, 0.2) is 0 Å². The van der Waals surface area contributed by atoms with Crippen LogP contribution in [0.5, 0.6) is 0 Å². The molecule has 0 aromatic rings. The topological polar surface area (TPSA) is 24.5 Å². The lowest BCUT2D eigenvalue weighted by molar-refractivity contribution is 0.281. The van der Waals surface area contributed by atoms with Crippen LogP contribution in [0.25, 0.3) is 0 Å². The highest BCUT2D eigenvalue weighted by Gasteiger charge is 2.34. The van der Waals surface area contributed by atoms with Gasteiger partial charge in [-0.1, -0.05) is 33.5 Å². The molecule has 0 heterocycles. The van der Waals surface area contributed by atoms with Crippen LogP contribution in [-0.2, 0) is 4.43 Å². The first-order valence-corrected chi connectivity index (χ1v) is 11.0. The van der Waals surface area contributed by atoms with Crippen molar-refractivity contribution in [1.82, 2.24) is 9.21 Å². The van der Waals surface area contributed by atoms with Crippen molar-refractivity contribution in [2.45, 2.75) is 52.9 Å². The summed E-state index contributed by atoms with van der Waals surface area (Å²) in [4.78, 5) is 3.40. The molecule has 15 heavy (non-hydrogen) atoms. The van der Waals surface area contributed by atoms with E-state index in [1.807, 2.05) is 7.05 Å². The molecule has 0 radical (unpaired) electrons. The lowest BCUT2D eigenvalue weighted by atomic mass is 10.3. The van der Waals surface area contributed by atoms with Gasteiger partial charge in [0.05, 0.1) is 0 Å². The van der Waals surface area contributed by atoms with Gasteiger partial charge >= 0.3 is 9.36 Å². The maximum Gasteiger partial charge on any atom is 0.331 e. The van der Waals surface area contributed by atoms with E-state index >= 15 is 0 Å². The summed E-state index contributed by atoms with van der Waals surface area (Å²) in [7, 11) is -0.638. The van der Waals surface area contributed by atoms with Crippen molar-refractivity contribution < 1.29 is 4.43 Å². The molecule has 92 valence electrons. The van der Waals surface area contributed by atoms with E-state index in [2.05, 4.69) is 49.6 Å². The van der Waals surface area contributed by atoms with Crippen molar-refractivity contribution in [2.24, 2.45) is 0 Å². The van der Waals surface area contributed by atoms with E-state index in [1.54, 1.807) is 0 Å². The predicted octanol–water partition coefficient (Wildman–Crippen LogP) is 1.89. The number of nitrogens with zero attached hydrogens (tertiary/aromatic N) is 1. The van der Waals surface area contributed by atoms with Gasteiger partial charge in [-0.3, -0.25) is 0 Å². The van der Waals surface area contributed by atoms with E-state index < -0.39 is 17.6 Å². The first kappa shape index (κ1) is 15.3. The molecule has 0 spiro atoms. The minimum absolute atomic E-state index is 0.632. The molecule has 2 unspecified atom stereocenters. The van der Waals surface area contributed by atoms with Gasteiger partial charge in [0.25, 0.3) is 0 Å². The second-order valence-corrected chi connectivity index (χ2v) is 12.5. The Morgan fingerprint density at radius 1 is 1.33 bits per heavy atom. The predicted molar refractivity (Wildman–Crippen MR) is 72.8 cm³/mol. The molecule has 0 bridgehead atoms. The fourth-order valence-corrected chi connectivity index (χ4v) is 8.43. The van der Waals surface area contributed by atoms with Crippen LogP contribution in [0, 0.1) is 0 Å². The Bertz CT molecular complexity index is 173. The zero-order chi connectivity index (χ0) is 12.1. The van der Waals surface area contributed by atoms with E-state index in [-0.39, 0.29) is 0 Å². The van der Waals surface area contributed by atoms with E-state index in [4.69, 9.17) is 4.43 Å². The SMILES string of the molecule is CCO[SiH](NC)N(C(C)CC)[Si](C)(C)C. The molecule has 0 aromatic heterocycles. The monoisotopic (exact) mass is 248 g/mol. The van der Waals surface area contributed by atoms with Crippen LogP contribution in [0.1, 0.15) is 27.2 Å². The highest BCUT2D eigenvalue weighted by atomic mass is 28.4. The third-order valence-electron chi connectivity index (χ3n) is 2.66. The number of nitrogens with one attached hydrogen (secondary N) is 1. The van der Waals surface area contributed by atoms with Crippen molar-refractivity contribution in [3.8, 4) is 0 Å². The van der Waals surface area contributed by atoms with E-state index in [1.165, 1.54) is 6.42 Å². The number of hydrogen-bond acceptors (Lipinski definition) is 3. The van der Waals surface area contributed by atoms with Crippen LogP contribution in [-0.4, -0.2) is 41.5 Å². The van der Waals surface area contributed by atoms with Crippen molar-refractivity contribution >= 4 is 17.6 Å². The molecule has 5 heteroatoms. The molecule has 0 amide bonds. The summed E-state index contributed by atoms with van der Waals surface area (Å²) >= 11 is 0. The first-order valence-electron chi connectivity index (χ1n) is 5.95. The second-order valence-electron chi connectivity index (χ2n) is 4.93.